The van der Waals surface area contributed by atoms with Crippen LogP contribution in [0.4, 0.5) is 8.78 Å². The predicted octanol–water partition coefficient (Wildman–Crippen LogP) is 3.17. The van der Waals surface area contributed by atoms with Crippen LogP contribution in [-0.4, -0.2) is 4.98 Å². The van der Waals surface area contributed by atoms with Crippen LogP contribution < -0.4 is 5.43 Å². The maximum atomic E-state index is 13.3. The number of hydrogen-bond acceptors (Lipinski definition) is 1. The maximum absolute atomic E-state index is 13.3. The zero-order chi connectivity index (χ0) is 11.2. The molecular weight excluding hydrogens is 383 g/mol. The van der Waals surface area contributed by atoms with Crippen LogP contribution in [0.5, 0.6) is 0 Å². The van der Waals surface area contributed by atoms with Crippen molar-refractivity contribution >= 4 is 49.4 Å². The first kappa shape index (κ1) is 11.0. The molecular formula is C9H3BrF2INO. The van der Waals surface area contributed by atoms with Gasteiger partial charge in [0.15, 0.2) is 0 Å². The topological polar surface area (TPSA) is 32.9 Å². The van der Waals surface area contributed by atoms with Gasteiger partial charge in [0, 0.05) is 12.3 Å². The Labute approximate surface area is 105 Å². The second-order valence-electron chi connectivity index (χ2n) is 2.87. The van der Waals surface area contributed by atoms with Crippen molar-refractivity contribution in [1.82, 2.24) is 4.98 Å². The number of halogens is 4. The number of fused-ring (bicyclic) bond motifs is 1. The summed E-state index contributed by atoms with van der Waals surface area (Å²) in [4.78, 5) is 14.3. The highest BCUT2D eigenvalue weighted by atomic mass is 127. The van der Waals surface area contributed by atoms with Crippen molar-refractivity contribution in [2.45, 2.75) is 0 Å². The second kappa shape index (κ2) is 3.82. The fourth-order valence-electron chi connectivity index (χ4n) is 1.27. The number of pyridine rings is 1. The molecule has 0 radical (unpaired) electrons. The van der Waals surface area contributed by atoms with E-state index in [0.717, 1.165) is 6.07 Å². The van der Waals surface area contributed by atoms with Gasteiger partial charge in [0.05, 0.1) is 18.9 Å². The molecule has 0 saturated carbocycles. The van der Waals surface area contributed by atoms with Crippen LogP contribution >= 0.6 is 38.5 Å². The number of rotatable bonds is 0. The van der Waals surface area contributed by atoms with E-state index in [-0.39, 0.29) is 15.4 Å². The Morgan fingerprint density at radius 3 is 2.67 bits per heavy atom. The summed E-state index contributed by atoms with van der Waals surface area (Å²) in [5.41, 5.74) is -0.386. The maximum Gasteiger partial charge on any atom is 0.204 e. The van der Waals surface area contributed by atoms with Gasteiger partial charge in [-0.25, -0.2) is 8.78 Å². The number of nitrogens with one attached hydrogen (secondary N) is 1. The van der Waals surface area contributed by atoms with Crippen molar-refractivity contribution in [1.29, 1.82) is 0 Å². The summed E-state index contributed by atoms with van der Waals surface area (Å²) < 4.78 is 26.8. The van der Waals surface area contributed by atoms with Gasteiger partial charge in [-0.05, 0) is 38.5 Å². The molecule has 1 aromatic heterocycles. The Bertz CT molecular complexity index is 611. The first-order valence-electron chi connectivity index (χ1n) is 3.86. The zero-order valence-corrected chi connectivity index (χ0v) is 10.8. The number of aromatic nitrogens is 1. The Morgan fingerprint density at radius 1 is 1.33 bits per heavy atom. The summed E-state index contributed by atoms with van der Waals surface area (Å²) in [7, 11) is 0. The molecule has 2 nitrogen and oxygen atoms in total. The SMILES string of the molecule is O=c1c(I)c[nH]c2c(F)cc(F)c(Br)c12. The van der Waals surface area contributed by atoms with E-state index in [2.05, 4.69) is 20.9 Å². The molecule has 0 fully saturated rings. The highest BCUT2D eigenvalue weighted by Crippen LogP contribution is 2.25. The van der Waals surface area contributed by atoms with Crippen LogP contribution in [0.2, 0.25) is 0 Å². The summed E-state index contributed by atoms with van der Waals surface area (Å²) in [6.45, 7) is 0. The fraction of sp³-hybridized carbons (Fsp3) is 0. The molecule has 0 unspecified atom stereocenters. The van der Waals surface area contributed by atoms with Crippen LogP contribution in [0, 0.1) is 15.2 Å². The molecule has 0 aliphatic carbocycles. The third-order valence-corrected chi connectivity index (χ3v) is 3.54. The van der Waals surface area contributed by atoms with Crippen LogP contribution in [0.15, 0.2) is 21.5 Å². The zero-order valence-electron chi connectivity index (χ0n) is 7.07. The van der Waals surface area contributed by atoms with E-state index in [4.69, 9.17) is 0 Å². The second-order valence-corrected chi connectivity index (χ2v) is 4.83. The first-order chi connectivity index (χ1) is 7.02. The largest absolute Gasteiger partial charge is 0.358 e. The van der Waals surface area contributed by atoms with E-state index < -0.39 is 17.1 Å². The summed E-state index contributed by atoms with van der Waals surface area (Å²) in [5, 5.41) is -0.000556. The van der Waals surface area contributed by atoms with Crippen LogP contribution in [0.25, 0.3) is 10.9 Å². The summed E-state index contributed by atoms with van der Waals surface area (Å²) in [6.07, 6.45) is 1.39. The van der Waals surface area contributed by atoms with Crippen LogP contribution in [0.1, 0.15) is 0 Å². The number of aromatic amines is 1. The molecule has 0 aliphatic heterocycles. The lowest BCUT2D eigenvalue weighted by Gasteiger charge is -2.03. The molecule has 0 atom stereocenters. The smallest absolute Gasteiger partial charge is 0.204 e. The molecule has 1 aromatic carbocycles. The number of hydrogen-bond donors (Lipinski definition) is 1. The molecule has 1 N–H and O–H groups in total. The lowest BCUT2D eigenvalue weighted by Crippen LogP contribution is -2.09. The van der Waals surface area contributed by atoms with Gasteiger partial charge in [-0.1, -0.05) is 0 Å². The average molecular weight is 386 g/mol. The third-order valence-electron chi connectivity index (χ3n) is 1.96. The van der Waals surface area contributed by atoms with E-state index in [9.17, 15) is 13.6 Å². The third kappa shape index (κ3) is 1.69. The molecule has 0 bridgehead atoms. The van der Waals surface area contributed by atoms with Crippen molar-refractivity contribution in [3.8, 4) is 0 Å². The predicted molar refractivity (Wildman–Crippen MR) is 64.9 cm³/mol. The molecule has 15 heavy (non-hydrogen) atoms. The van der Waals surface area contributed by atoms with Crippen molar-refractivity contribution in [3.05, 3.63) is 42.2 Å². The van der Waals surface area contributed by atoms with Gasteiger partial charge in [0.25, 0.3) is 0 Å². The molecule has 78 valence electrons. The van der Waals surface area contributed by atoms with E-state index in [1.807, 2.05) is 0 Å². The van der Waals surface area contributed by atoms with Crippen LogP contribution in [0.3, 0.4) is 0 Å². The highest BCUT2D eigenvalue weighted by Gasteiger charge is 2.14. The Morgan fingerprint density at radius 2 is 2.00 bits per heavy atom. The van der Waals surface area contributed by atoms with Gasteiger partial charge in [-0.2, -0.15) is 0 Å². The minimum atomic E-state index is -0.785. The Kier molecular flexibility index (Phi) is 2.80. The molecule has 0 saturated heterocycles. The van der Waals surface area contributed by atoms with Gasteiger partial charge in [-0.3, -0.25) is 4.79 Å². The van der Waals surface area contributed by atoms with E-state index >= 15 is 0 Å². The molecule has 2 aromatic rings. The molecule has 1 heterocycles. The van der Waals surface area contributed by atoms with Gasteiger partial charge < -0.3 is 4.98 Å². The molecule has 0 amide bonds. The minimum absolute atomic E-state index is 0.000556. The van der Waals surface area contributed by atoms with Crippen molar-refractivity contribution in [2.24, 2.45) is 0 Å². The first-order valence-corrected chi connectivity index (χ1v) is 5.74. The van der Waals surface area contributed by atoms with Gasteiger partial charge in [0.1, 0.15) is 11.6 Å². The quantitative estimate of drug-likeness (QED) is 0.548. The highest BCUT2D eigenvalue weighted by molar-refractivity contribution is 14.1. The fourth-order valence-corrected chi connectivity index (χ4v) is 2.19. The summed E-state index contributed by atoms with van der Waals surface area (Å²) in [5.74, 6) is -1.56. The lowest BCUT2D eigenvalue weighted by molar-refractivity contribution is 0.586. The Hall–Kier alpha value is -0.500. The molecule has 2 rings (SSSR count). The van der Waals surface area contributed by atoms with Gasteiger partial charge >= 0.3 is 0 Å². The average Bonchev–Trinajstić information content (AvgIpc) is 2.19. The van der Waals surface area contributed by atoms with Crippen molar-refractivity contribution < 1.29 is 8.78 Å². The van der Waals surface area contributed by atoms with Crippen molar-refractivity contribution in [3.63, 3.8) is 0 Å². The summed E-state index contributed by atoms with van der Waals surface area (Å²) in [6, 6.07) is 0.731. The van der Waals surface area contributed by atoms with Gasteiger partial charge in [-0.15, -0.1) is 0 Å². The molecule has 6 heteroatoms. The minimum Gasteiger partial charge on any atom is -0.358 e. The van der Waals surface area contributed by atoms with Gasteiger partial charge in [0.2, 0.25) is 5.43 Å². The van der Waals surface area contributed by atoms with E-state index in [0.29, 0.717) is 3.57 Å². The molecule has 0 spiro atoms. The van der Waals surface area contributed by atoms with E-state index in [1.54, 1.807) is 22.6 Å². The standard InChI is InChI=1S/C9H3BrF2INO/c10-7-3(11)1-4(12)8-6(7)9(15)5(13)2-14-8/h1-2H,(H,14,15). The molecule has 0 aliphatic rings. The monoisotopic (exact) mass is 385 g/mol. The lowest BCUT2D eigenvalue weighted by atomic mass is 10.2. The Balaban J connectivity index is 3.12. The van der Waals surface area contributed by atoms with Crippen LogP contribution in [-0.2, 0) is 0 Å². The van der Waals surface area contributed by atoms with E-state index in [1.165, 1.54) is 6.20 Å². The summed E-state index contributed by atoms with van der Waals surface area (Å²) >= 11 is 4.74. The normalized spacial score (nSPS) is 10.9. The van der Waals surface area contributed by atoms with Crippen molar-refractivity contribution in [2.75, 3.05) is 0 Å². The number of benzene rings is 1. The number of H-pyrrole nitrogens is 1.